The van der Waals surface area contributed by atoms with E-state index in [1.165, 1.54) is 6.07 Å². The van der Waals surface area contributed by atoms with Gasteiger partial charge in [0, 0.05) is 30.5 Å². The van der Waals surface area contributed by atoms with Crippen molar-refractivity contribution in [3.63, 3.8) is 0 Å². The number of sulfonamides is 1. The molecule has 0 aromatic carbocycles. The molecule has 1 atom stereocenters. The smallest absolute Gasteiger partial charge is 0.274 e. The van der Waals surface area contributed by atoms with Crippen LogP contribution in [0.1, 0.15) is 24.6 Å². The molecule has 3 aromatic rings. The first-order valence-electron chi connectivity index (χ1n) is 7.89. The summed E-state index contributed by atoms with van der Waals surface area (Å²) in [5.41, 5.74) is 1.56. The zero-order valence-corrected chi connectivity index (χ0v) is 15.1. The average molecular weight is 364 g/mol. The van der Waals surface area contributed by atoms with Crippen molar-refractivity contribution in [2.24, 2.45) is 0 Å². The third kappa shape index (κ3) is 3.83. The van der Waals surface area contributed by atoms with Gasteiger partial charge in [0.25, 0.3) is 10.0 Å². The molecule has 1 N–H and O–H groups in total. The molecule has 0 spiro atoms. The molecule has 0 amide bonds. The number of aromatic nitrogens is 3. The zero-order chi connectivity index (χ0) is 18.0. The zero-order valence-electron chi connectivity index (χ0n) is 14.3. The van der Waals surface area contributed by atoms with Crippen molar-refractivity contribution in [2.45, 2.75) is 44.9 Å². The number of furan rings is 1. The first kappa shape index (κ1) is 17.4. The first-order chi connectivity index (χ1) is 11.9. The summed E-state index contributed by atoms with van der Waals surface area (Å²) in [4.78, 5) is 0. The summed E-state index contributed by atoms with van der Waals surface area (Å²) in [6, 6.07) is 4.54. The van der Waals surface area contributed by atoms with Crippen molar-refractivity contribution in [2.75, 3.05) is 0 Å². The van der Waals surface area contributed by atoms with Crippen LogP contribution in [0.15, 0.2) is 44.6 Å². The highest BCUT2D eigenvalue weighted by atomic mass is 32.2. The third-order valence-corrected chi connectivity index (χ3v) is 5.40. The highest BCUT2D eigenvalue weighted by molar-refractivity contribution is 7.89. The fourth-order valence-electron chi connectivity index (χ4n) is 2.37. The van der Waals surface area contributed by atoms with E-state index in [4.69, 9.17) is 8.94 Å². The fraction of sp³-hybridized carbons (Fsp3) is 0.375. The van der Waals surface area contributed by atoms with Gasteiger partial charge in [0.1, 0.15) is 0 Å². The van der Waals surface area contributed by atoms with Crippen LogP contribution in [-0.2, 0) is 16.6 Å². The Balaban J connectivity index is 1.69. The largest absolute Gasteiger partial charge is 0.440 e. The minimum atomic E-state index is -3.75. The van der Waals surface area contributed by atoms with Crippen LogP contribution in [0.25, 0.3) is 11.5 Å². The summed E-state index contributed by atoms with van der Waals surface area (Å²) in [5.74, 6) is 0.772. The molecule has 3 heterocycles. The second-order valence-electron chi connectivity index (χ2n) is 5.92. The Kier molecular flexibility index (Phi) is 4.78. The Bertz CT molecular complexity index is 941. The molecule has 3 rings (SSSR count). The van der Waals surface area contributed by atoms with Gasteiger partial charge < -0.3 is 8.94 Å². The van der Waals surface area contributed by atoms with Crippen LogP contribution in [0.5, 0.6) is 0 Å². The second-order valence-corrected chi connectivity index (χ2v) is 7.57. The van der Waals surface area contributed by atoms with Gasteiger partial charge >= 0.3 is 0 Å². The number of nitrogens with zero attached hydrogens (tertiary/aromatic N) is 3. The normalized spacial score (nSPS) is 13.2. The van der Waals surface area contributed by atoms with Gasteiger partial charge in [-0.3, -0.25) is 4.68 Å². The first-order valence-corrected chi connectivity index (χ1v) is 9.38. The van der Waals surface area contributed by atoms with Gasteiger partial charge in [0.15, 0.2) is 5.76 Å². The van der Waals surface area contributed by atoms with E-state index in [0.29, 0.717) is 24.5 Å². The van der Waals surface area contributed by atoms with Crippen molar-refractivity contribution >= 4 is 10.0 Å². The maximum absolute atomic E-state index is 12.5. The van der Waals surface area contributed by atoms with E-state index in [1.807, 2.05) is 26.1 Å². The number of nitrogens with one attached hydrogen (secondary N) is 1. The Morgan fingerprint density at radius 3 is 2.76 bits per heavy atom. The minimum absolute atomic E-state index is 0.151. The average Bonchev–Trinajstić information content (AvgIpc) is 3.28. The van der Waals surface area contributed by atoms with Crippen LogP contribution in [0.2, 0.25) is 0 Å². The van der Waals surface area contributed by atoms with Crippen molar-refractivity contribution < 1.29 is 17.4 Å². The lowest BCUT2D eigenvalue weighted by molar-refractivity contribution is 0.395. The van der Waals surface area contributed by atoms with Crippen LogP contribution < -0.4 is 4.72 Å². The number of rotatable bonds is 7. The van der Waals surface area contributed by atoms with Gasteiger partial charge in [-0.25, -0.2) is 13.1 Å². The molecule has 0 aliphatic heterocycles. The van der Waals surface area contributed by atoms with E-state index >= 15 is 0 Å². The van der Waals surface area contributed by atoms with Crippen molar-refractivity contribution in [3.8, 4) is 11.5 Å². The van der Waals surface area contributed by atoms with Crippen molar-refractivity contribution in [1.82, 2.24) is 19.7 Å². The molecule has 0 aliphatic rings. The van der Waals surface area contributed by atoms with Crippen LogP contribution in [0.3, 0.4) is 0 Å². The lowest BCUT2D eigenvalue weighted by Crippen LogP contribution is -2.33. The van der Waals surface area contributed by atoms with Crippen LogP contribution in [0.4, 0.5) is 0 Å². The molecule has 3 aromatic heterocycles. The summed E-state index contributed by atoms with van der Waals surface area (Å²) in [7, 11) is -3.75. The summed E-state index contributed by atoms with van der Waals surface area (Å²) < 4.78 is 40.0. The molecule has 0 fully saturated rings. The van der Waals surface area contributed by atoms with Crippen molar-refractivity contribution in [3.05, 3.63) is 41.9 Å². The van der Waals surface area contributed by atoms with Gasteiger partial charge in [-0.05, 0) is 45.4 Å². The quantitative estimate of drug-likeness (QED) is 0.691. The minimum Gasteiger partial charge on any atom is -0.440 e. The van der Waals surface area contributed by atoms with Crippen LogP contribution in [-0.4, -0.2) is 29.4 Å². The molecule has 9 heteroatoms. The number of hydrogen-bond acceptors (Lipinski definition) is 6. The SMILES string of the molecule is Cc1noc(-c2ccc(S(=O)(=O)NC(C)CCn3cccn3)o2)c1C. The number of aryl methyl sites for hydroxylation is 2. The Morgan fingerprint density at radius 1 is 1.32 bits per heavy atom. The highest BCUT2D eigenvalue weighted by Gasteiger charge is 2.23. The molecule has 25 heavy (non-hydrogen) atoms. The molecule has 0 saturated heterocycles. The van der Waals surface area contributed by atoms with E-state index in [-0.39, 0.29) is 11.1 Å². The molecule has 0 aliphatic carbocycles. The molecule has 0 bridgehead atoms. The summed E-state index contributed by atoms with van der Waals surface area (Å²) in [6.45, 7) is 6.07. The third-order valence-electron chi connectivity index (χ3n) is 3.93. The fourth-order valence-corrected chi connectivity index (χ4v) is 3.58. The van der Waals surface area contributed by atoms with E-state index in [2.05, 4.69) is 15.0 Å². The second kappa shape index (κ2) is 6.85. The molecule has 0 saturated carbocycles. The van der Waals surface area contributed by atoms with Gasteiger partial charge in [-0.2, -0.15) is 5.10 Å². The monoisotopic (exact) mass is 364 g/mol. The molecule has 1 unspecified atom stereocenters. The van der Waals surface area contributed by atoms with Gasteiger partial charge in [0.05, 0.1) is 5.69 Å². The maximum atomic E-state index is 12.5. The molecule has 0 radical (unpaired) electrons. The van der Waals surface area contributed by atoms with E-state index in [0.717, 1.165) is 11.3 Å². The van der Waals surface area contributed by atoms with E-state index < -0.39 is 10.0 Å². The molecule has 134 valence electrons. The maximum Gasteiger partial charge on any atom is 0.274 e. The molecular weight excluding hydrogens is 344 g/mol. The predicted molar refractivity (Wildman–Crippen MR) is 90.3 cm³/mol. The van der Waals surface area contributed by atoms with Gasteiger partial charge in [-0.1, -0.05) is 5.16 Å². The molecular formula is C16H20N4O4S. The standard InChI is InChI=1S/C16H20N4O4S/c1-11(7-10-20-9-4-8-17-20)19-25(21,22)15-6-5-14(23-15)16-12(2)13(3)18-24-16/h4-6,8-9,11,19H,7,10H2,1-3H3. The molecule has 8 nitrogen and oxygen atoms in total. The topological polar surface area (TPSA) is 103 Å². The lowest BCUT2D eigenvalue weighted by atomic mass is 10.2. The van der Waals surface area contributed by atoms with Crippen LogP contribution in [0, 0.1) is 13.8 Å². The van der Waals surface area contributed by atoms with E-state index in [1.54, 1.807) is 23.9 Å². The Morgan fingerprint density at radius 2 is 2.12 bits per heavy atom. The van der Waals surface area contributed by atoms with Gasteiger partial charge in [-0.15, -0.1) is 0 Å². The predicted octanol–water partition coefficient (Wildman–Crippen LogP) is 2.51. The van der Waals surface area contributed by atoms with E-state index in [9.17, 15) is 8.42 Å². The van der Waals surface area contributed by atoms with Gasteiger partial charge in [0.2, 0.25) is 10.9 Å². The Labute approximate surface area is 145 Å². The van der Waals surface area contributed by atoms with Crippen LogP contribution >= 0.6 is 0 Å². The highest BCUT2D eigenvalue weighted by Crippen LogP contribution is 2.28. The Hall–Kier alpha value is -2.39. The summed E-state index contributed by atoms with van der Waals surface area (Å²) >= 11 is 0. The lowest BCUT2D eigenvalue weighted by Gasteiger charge is -2.12. The summed E-state index contributed by atoms with van der Waals surface area (Å²) in [6.07, 6.45) is 4.13. The van der Waals surface area contributed by atoms with Crippen molar-refractivity contribution in [1.29, 1.82) is 0 Å². The number of hydrogen-bond donors (Lipinski definition) is 1. The summed E-state index contributed by atoms with van der Waals surface area (Å²) in [5, 5.41) is 7.80.